The van der Waals surface area contributed by atoms with Crippen LogP contribution in [0.4, 0.5) is 0 Å². The number of amides is 1. The molecule has 1 aliphatic rings. The fourth-order valence-corrected chi connectivity index (χ4v) is 4.68. The van der Waals surface area contributed by atoms with Gasteiger partial charge in [0.2, 0.25) is 5.91 Å². The van der Waals surface area contributed by atoms with Gasteiger partial charge in [0, 0.05) is 38.5 Å². The van der Waals surface area contributed by atoms with E-state index >= 15 is 0 Å². The summed E-state index contributed by atoms with van der Waals surface area (Å²) in [4.78, 5) is 17.5. The fourth-order valence-electron chi connectivity index (χ4n) is 4.68. The average molecular weight is 463 g/mol. The maximum absolute atomic E-state index is 13.2. The Morgan fingerprint density at radius 3 is 2.27 bits per heavy atom. The molecule has 1 saturated heterocycles. The minimum atomic E-state index is 0.0906. The van der Waals surface area contributed by atoms with Crippen molar-refractivity contribution in [3.8, 4) is 11.8 Å². The molecule has 4 nitrogen and oxygen atoms in total. The highest BCUT2D eigenvalue weighted by Crippen LogP contribution is 2.20. The minimum Gasteiger partial charge on any atom is -0.374 e. The van der Waals surface area contributed by atoms with E-state index in [9.17, 15) is 4.79 Å². The molecule has 0 bridgehead atoms. The van der Waals surface area contributed by atoms with E-state index in [4.69, 9.17) is 4.74 Å². The lowest BCUT2D eigenvalue weighted by Crippen LogP contribution is -2.48. The predicted octanol–water partition coefficient (Wildman–Crippen LogP) is 6.53. The molecule has 0 aromatic carbocycles. The second kappa shape index (κ2) is 19.3. The molecule has 1 amide bonds. The number of unbranched alkanes of at least 4 members (excludes halogenated alkanes) is 7. The molecule has 1 rings (SSSR count). The SMILES string of the molecule is CCCCCCC(C)C#CCN1CCO[C@@H](CN(C)C(=O)C(CCCC)CCCCCC)C1. The largest absolute Gasteiger partial charge is 0.374 e. The van der Waals surface area contributed by atoms with Gasteiger partial charge in [0.15, 0.2) is 0 Å². The van der Waals surface area contributed by atoms with Crippen molar-refractivity contribution in [1.82, 2.24) is 9.80 Å². The van der Waals surface area contributed by atoms with Gasteiger partial charge in [-0.05, 0) is 19.3 Å². The molecule has 0 spiro atoms. The quantitative estimate of drug-likeness (QED) is 0.182. The summed E-state index contributed by atoms with van der Waals surface area (Å²) >= 11 is 0. The summed E-state index contributed by atoms with van der Waals surface area (Å²) in [6, 6.07) is 0. The summed E-state index contributed by atoms with van der Waals surface area (Å²) in [7, 11) is 1.97. The minimum absolute atomic E-state index is 0.0906. The zero-order valence-corrected chi connectivity index (χ0v) is 22.7. The van der Waals surface area contributed by atoms with E-state index in [0.717, 1.165) is 51.9 Å². The predicted molar refractivity (Wildman–Crippen MR) is 141 cm³/mol. The van der Waals surface area contributed by atoms with Crippen LogP contribution in [0.3, 0.4) is 0 Å². The molecule has 0 radical (unpaired) electrons. The van der Waals surface area contributed by atoms with Crippen LogP contribution >= 0.6 is 0 Å². The summed E-state index contributed by atoms with van der Waals surface area (Å²) in [5.41, 5.74) is 0. The normalized spacial score (nSPS) is 18.4. The molecule has 192 valence electrons. The van der Waals surface area contributed by atoms with Crippen LogP contribution in [-0.2, 0) is 9.53 Å². The Kier molecular flexibility index (Phi) is 17.5. The van der Waals surface area contributed by atoms with E-state index in [1.807, 2.05) is 11.9 Å². The van der Waals surface area contributed by atoms with Gasteiger partial charge in [-0.2, -0.15) is 0 Å². The molecule has 0 aromatic rings. The Morgan fingerprint density at radius 2 is 1.61 bits per heavy atom. The van der Waals surface area contributed by atoms with E-state index in [0.29, 0.717) is 18.4 Å². The molecule has 0 aromatic heterocycles. The van der Waals surface area contributed by atoms with E-state index in [1.165, 1.54) is 57.8 Å². The van der Waals surface area contributed by atoms with Gasteiger partial charge in [-0.1, -0.05) is 104 Å². The number of carbonyl (C=O) groups is 1. The lowest BCUT2D eigenvalue weighted by Gasteiger charge is -2.34. The first-order valence-electron chi connectivity index (χ1n) is 14.1. The van der Waals surface area contributed by atoms with Crippen molar-refractivity contribution in [3.05, 3.63) is 0 Å². The molecule has 33 heavy (non-hydrogen) atoms. The van der Waals surface area contributed by atoms with Crippen molar-refractivity contribution in [2.24, 2.45) is 11.8 Å². The van der Waals surface area contributed by atoms with Crippen LogP contribution in [0.25, 0.3) is 0 Å². The first-order valence-corrected chi connectivity index (χ1v) is 14.1. The smallest absolute Gasteiger partial charge is 0.225 e. The number of morpholine rings is 1. The number of ether oxygens (including phenoxy) is 1. The van der Waals surface area contributed by atoms with Crippen molar-refractivity contribution in [2.45, 2.75) is 117 Å². The van der Waals surface area contributed by atoms with Crippen molar-refractivity contribution in [2.75, 3.05) is 39.8 Å². The van der Waals surface area contributed by atoms with Gasteiger partial charge in [-0.25, -0.2) is 0 Å². The van der Waals surface area contributed by atoms with E-state index in [1.54, 1.807) is 0 Å². The van der Waals surface area contributed by atoms with Gasteiger partial charge >= 0.3 is 0 Å². The number of hydrogen-bond acceptors (Lipinski definition) is 3. The molecule has 3 atom stereocenters. The molecule has 1 fully saturated rings. The number of carbonyl (C=O) groups excluding carboxylic acids is 1. The average Bonchev–Trinajstić information content (AvgIpc) is 2.81. The summed E-state index contributed by atoms with van der Waals surface area (Å²) in [6.07, 6.45) is 15.8. The van der Waals surface area contributed by atoms with E-state index in [2.05, 4.69) is 44.4 Å². The van der Waals surface area contributed by atoms with Gasteiger partial charge in [-0.3, -0.25) is 9.69 Å². The monoisotopic (exact) mass is 462 g/mol. The van der Waals surface area contributed by atoms with Crippen LogP contribution in [0.5, 0.6) is 0 Å². The summed E-state index contributed by atoms with van der Waals surface area (Å²) in [6.45, 7) is 13.0. The van der Waals surface area contributed by atoms with Crippen LogP contribution in [0.1, 0.15) is 111 Å². The molecular weight excluding hydrogens is 408 g/mol. The second-order valence-electron chi connectivity index (χ2n) is 10.2. The molecule has 0 aliphatic carbocycles. The van der Waals surface area contributed by atoms with Gasteiger partial charge in [0.25, 0.3) is 0 Å². The van der Waals surface area contributed by atoms with Crippen LogP contribution in [0, 0.1) is 23.7 Å². The number of rotatable bonds is 17. The highest BCUT2D eigenvalue weighted by atomic mass is 16.5. The van der Waals surface area contributed by atoms with Crippen molar-refractivity contribution >= 4 is 5.91 Å². The molecule has 4 heteroatoms. The van der Waals surface area contributed by atoms with E-state index < -0.39 is 0 Å². The Morgan fingerprint density at radius 1 is 0.970 bits per heavy atom. The number of nitrogens with zero attached hydrogens (tertiary/aromatic N) is 2. The molecule has 1 aliphatic heterocycles. The fraction of sp³-hybridized carbons (Fsp3) is 0.897. The van der Waals surface area contributed by atoms with Crippen molar-refractivity contribution < 1.29 is 9.53 Å². The van der Waals surface area contributed by atoms with Gasteiger partial charge in [0.1, 0.15) is 0 Å². The first kappa shape index (κ1) is 30.0. The van der Waals surface area contributed by atoms with Crippen LogP contribution < -0.4 is 0 Å². The van der Waals surface area contributed by atoms with E-state index in [-0.39, 0.29) is 12.0 Å². The Labute approximate surface area is 206 Å². The Bertz CT molecular complexity index is 554. The van der Waals surface area contributed by atoms with Gasteiger partial charge < -0.3 is 9.64 Å². The summed E-state index contributed by atoms with van der Waals surface area (Å²) < 4.78 is 6.02. The molecule has 1 heterocycles. The summed E-state index contributed by atoms with van der Waals surface area (Å²) in [5, 5.41) is 0. The maximum Gasteiger partial charge on any atom is 0.225 e. The first-order chi connectivity index (χ1) is 16.0. The lowest BCUT2D eigenvalue weighted by molar-refractivity contribution is -0.137. The summed E-state index contributed by atoms with van der Waals surface area (Å²) in [5.74, 6) is 7.83. The zero-order valence-electron chi connectivity index (χ0n) is 22.7. The Balaban J connectivity index is 2.44. The topological polar surface area (TPSA) is 32.8 Å². The number of hydrogen-bond donors (Lipinski definition) is 0. The maximum atomic E-state index is 13.2. The van der Waals surface area contributed by atoms with Crippen LogP contribution in [0.2, 0.25) is 0 Å². The van der Waals surface area contributed by atoms with Gasteiger partial charge in [-0.15, -0.1) is 0 Å². The number of likely N-dealkylation sites (N-methyl/N-ethyl adjacent to an activating group) is 1. The van der Waals surface area contributed by atoms with Gasteiger partial charge in [0.05, 0.1) is 19.3 Å². The highest BCUT2D eigenvalue weighted by Gasteiger charge is 2.26. The molecule has 0 saturated carbocycles. The third-order valence-electron chi connectivity index (χ3n) is 6.88. The van der Waals surface area contributed by atoms with Crippen molar-refractivity contribution in [1.29, 1.82) is 0 Å². The second-order valence-corrected chi connectivity index (χ2v) is 10.2. The molecular formula is C29H54N2O2. The zero-order chi connectivity index (χ0) is 24.3. The van der Waals surface area contributed by atoms with Crippen LogP contribution in [-0.4, -0.2) is 61.6 Å². The third kappa shape index (κ3) is 14.1. The molecule has 0 N–H and O–H groups in total. The highest BCUT2D eigenvalue weighted by molar-refractivity contribution is 5.78. The standard InChI is InChI=1S/C29H54N2O2/c1-6-9-12-14-17-26(4)18-16-21-31-22-23-33-28(25-31)24-30(5)29(32)27(19-11-8-3)20-15-13-10-7-2/h26-28H,6-15,17,19-25H2,1-5H3/t26?,27?,28-/m0/s1. The lowest BCUT2D eigenvalue weighted by atomic mass is 9.94. The Hall–Kier alpha value is -1.05. The van der Waals surface area contributed by atoms with Crippen LogP contribution in [0.15, 0.2) is 0 Å². The molecule has 2 unspecified atom stereocenters. The third-order valence-corrected chi connectivity index (χ3v) is 6.88. The van der Waals surface area contributed by atoms with Crippen molar-refractivity contribution in [3.63, 3.8) is 0 Å².